The number of ether oxygens (including phenoxy) is 1. The smallest absolute Gasteiger partial charge is 0.236 e. The van der Waals surface area contributed by atoms with Crippen molar-refractivity contribution in [2.75, 3.05) is 0 Å². The van der Waals surface area contributed by atoms with Crippen LogP contribution in [0.2, 0.25) is 0 Å². The zero-order valence-electron chi connectivity index (χ0n) is 11.2. The number of aromatic nitrogens is 2. The maximum atomic E-state index is 5.71. The van der Waals surface area contributed by atoms with Gasteiger partial charge in [-0.25, -0.2) is 0 Å². The number of aromatic amines is 1. The number of H-pyrrole nitrogens is 1. The second-order valence-corrected chi connectivity index (χ2v) is 4.78. The lowest BCUT2D eigenvalue weighted by molar-refractivity contribution is 0.230. The Kier molecular flexibility index (Phi) is 4.03. The van der Waals surface area contributed by atoms with Crippen molar-refractivity contribution in [2.24, 2.45) is 0 Å². The molecule has 18 heavy (non-hydrogen) atoms. The van der Waals surface area contributed by atoms with Gasteiger partial charge in [0.25, 0.3) is 0 Å². The Balaban J connectivity index is 2.06. The zero-order chi connectivity index (χ0) is 13.0. The topological polar surface area (TPSA) is 37.9 Å². The van der Waals surface area contributed by atoms with Crippen LogP contribution >= 0.6 is 0 Å². The molecule has 0 aliphatic carbocycles. The van der Waals surface area contributed by atoms with Crippen molar-refractivity contribution in [1.82, 2.24) is 10.2 Å². The summed E-state index contributed by atoms with van der Waals surface area (Å²) in [5.41, 5.74) is 3.63. The first-order valence-electron chi connectivity index (χ1n) is 6.41. The summed E-state index contributed by atoms with van der Waals surface area (Å²) in [6.07, 6.45) is 2.12. The largest absolute Gasteiger partial charge is 0.474 e. The molecule has 0 unspecified atom stereocenters. The molecule has 1 aromatic heterocycles. The number of hydrogen-bond acceptors (Lipinski definition) is 2. The molecule has 0 aliphatic rings. The molecule has 96 valence electrons. The van der Waals surface area contributed by atoms with Crippen molar-refractivity contribution >= 4 is 0 Å². The molecular formula is C15H20N2O. The third-order valence-corrected chi connectivity index (χ3v) is 2.89. The lowest BCUT2D eigenvalue weighted by Crippen LogP contribution is -2.07. The molecule has 3 heteroatoms. The first-order valence-corrected chi connectivity index (χ1v) is 6.41. The van der Waals surface area contributed by atoms with E-state index in [1.54, 1.807) is 0 Å². The first-order chi connectivity index (χ1) is 8.66. The maximum Gasteiger partial charge on any atom is 0.236 e. The average Bonchev–Trinajstić information content (AvgIpc) is 2.68. The van der Waals surface area contributed by atoms with Gasteiger partial charge in [-0.2, -0.15) is 0 Å². The molecule has 1 heterocycles. The monoisotopic (exact) mass is 244 g/mol. The zero-order valence-corrected chi connectivity index (χ0v) is 11.2. The van der Waals surface area contributed by atoms with Gasteiger partial charge in [0, 0.05) is 11.3 Å². The fraction of sp³-hybridized carbons (Fsp3) is 0.400. The third-order valence-electron chi connectivity index (χ3n) is 2.89. The van der Waals surface area contributed by atoms with Gasteiger partial charge in [-0.05, 0) is 39.2 Å². The van der Waals surface area contributed by atoms with E-state index in [4.69, 9.17) is 4.74 Å². The highest BCUT2D eigenvalue weighted by molar-refractivity contribution is 5.31. The molecule has 0 aliphatic heterocycles. The van der Waals surface area contributed by atoms with E-state index in [9.17, 15) is 0 Å². The molecule has 3 nitrogen and oxygen atoms in total. The number of rotatable bonds is 5. The molecule has 0 saturated carbocycles. The SMILES string of the molecule is Cc1[nH]nc(OC(C)C)c1CCc1ccccc1. The van der Waals surface area contributed by atoms with Gasteiger partial charge < -0.3 is 4.74 Å². The number of nitrogens with one attached hydrogen (secondary N) is 1. The van der Waals surface area contributed by atoms with E-state index < -0.39 is 0 Å². The van der Waals surface area contributed by atoms with Crippen LogP contribution in [0.1, 0.15) is 30.7 Å². The summed E-state index contributed by atoms with van der Waals surface area (Å²) in [6.45, 7) is 6.08. The lowest BCUT2D eigenvalue weighted by Gasteiger charge is -2.09. The molecule has 2 aromatic rings. The van der Waals surface area contributed by atoms with Gasteiger partial charge in [-0.3, -0.25) is 5.10 Å². The van der Waals surface area contributed by atoms with Gasteiger partial charge in [-0.1, -0.05) is 30.3 Å². The summed E-state index contributed by atoms with van der Waals surface area (Å²) in [4.78, 5) is 0. The van der Waals surface area contributed by atoms with Crippen LogP contribution in [0.3, 0.4) is 0 Å². The van der Waals surface area contributed by atoms with E-state index >= 15 is 0 Å². The van der Waals surface area contributed by atoms with E-state index in [2.05, 4.69) is 34.5 Å². The van der Waals surface area contributed by atoms with Gasteiger partial charge in [-0.15, -0.1) is 5.10 Å². The molecule has 0 radical (unpaired) electrons. The summed E-state index contributed by atoms with van der Waals surface area (Å²) < 4.78 is 5.71. The first kappa shape index (κ1) is 12.7. The summed E-state index contributed by atoms with van der Waals surface area (Å²) in [5.74, 6) is 0.749. The van der Waals surface area contributed by atoms with Crippen molar-refractivity contribution in [2.45, 2.75) is 39.7 Å². The van der Waals surface area contributed by atoms with Crippen LogP contribution in [0.25, 0.3) is 0 Å². The Morgan fingerprint density at radius 1 is 1.17 bits per heavy atom. The van der Waals surface area contributed by atoms with Crippen LogP contribution < -0.4 is 4.74 Å². The van der Waals surface area contributed by atoms with Crippen molar-refractivity contribution in [1.29, 1.82) is 0 Å². The molecular weight excluding hydrogens is 224 g/mol. The molecule has 1 N–H and O–H groups in total. The minimum absolute atomic E-state index is 0.156. The highest BCUT2D eigenvalue weighted by Gasteiger charge is 2.12. The fourth-order valence-corrected chi connectivity index (χ4v) is 1.96. The van der Waals surface area contributed by atoms with Crippen molar-refractivity contribution in [3.63, 3.8) is 0 Å². The molecule has 0 atom stereocenters. The Labute approximate surface area is 108 Å². The fourth-order valence-electron chi connectivity index (χ4n) is 1.96. The van der Waals surface area contributed by atoms with Gasteiger partial charge in [0.1, 0.15) is 0 Å². The predicted molar refractivity (Wildman–Crippen MR) is 72.9 cm³/mol. The Morgan fingerprint density at radius 2 is 1.89 bits per heavy atom. The second kappa shape index (κ2) is 5.71. The molecule has 0 fully saturated rings. The van der Waals surface area contributed by atoms with E-state index in [1.165, 1.54) is 11.1 Å². The van der Waals surface area contributed by atoms with Gasteiger partial charge in [0.05, 0.1) is 6.10 Å². The minimum Gasteiger partial charge on any atom is -0.474 e. The van der Waals surface area contributed by atoms with Crippen molar-refractivity contribution in [3.05, 3.63) is 47.2 Å². The van der Waals surface area contributed by atoms with Crippen molar-refractivity contribution < 1.29 is 4.74 Å². The minimum atomic E-state index is 0.156. The lowest BCUT2D eigenvalue weighted by atomic mass is 10.1. The van der Waals surface area contributed by atoms with E-state index in [-0.39, 0.29) is 6.10 Å². The molecule has 0 saturated heterocycles. The molecule has 2 rings (SSSR count). The molecule has 0 spiro atoms. The van der Waals surface area contributed by atoms with E-state index in [1.807, 2.05) is 26.8 Å². The summed E-state index contributed by atoms with van der Waals surface area (Å²) in [7, 11) is 0. The Bertz CT molecular complexity index is 488. The number of aryl methyl sites for hydroxylation is 2. The third kappa shape index (κ3) is 3.13. The molecule has 1 aromatic carbocycles. The van der Waals surface area contributed by atoms with Crippen LogP contribution in [0.5, 0.6) is 5.88 Å². The number of nitrogens with zero attached hydrogens (tertiary/aromatic N) is 1. The second-order valence-electron chi connectivity index (χ2n) is 4.78. The average molecular weight is 244 g/mol. The molecule has 0 bridgehead atoms. The van der Waals surface area contributed by atoms with Crippen molar-refractivity contribution in [3.8, 4) is 5.88 Å². The number of benzene rings is 1. The van der Waals surface area contributed by atoms with Crippen LogP contribution in [0.15, 0.2) is 30.3 Å². The maximum absolute atomic E-state index is 5.71. The predicted octanol–water partition coefficient (Wildman–Crippen LogP) is 3.29. The van der Waals surface area contributed by atoms with Gasteiger partial charge in [0.2, 0.25) is 5.88 Å². The van der Waals surface area contributed by atoms with Crippen LogP contribution in [0, 0.1) is 6.92 Å². The highest BCUT2D eigenvalue weighted by Crippen LogP contribution is 2.21. The highest BCUT2D eigenvalue weighted by atomic mass is 16.5. The summed E-state index contributed by atoms with van der Waals surface area (Å²) >= 11 is 0. The van der Waals surface area contributed by atoms with Crippen LogP contribution in [-0.4, -0.2) is 16.3 Å². The van der Waals surface area contributed by atoms with E-state index in [0.29, 0.717) is 0 Å². The van der Waals surface area contributed by atoms with Gasteiger partial charge in [0.15, 0.2) is 0 Å². The summed E-state index contributed by atoms with van der Waals surface area (Å²) in [6, 6.07) is 10.5. The Hall–Kier alpha value is -1.77. The van der Waals surface area contributed by atoms with Crippen LogP contribution in [0.4, 0.5) is 0 Å². The quantitative estimate of drug-likeness (QED) is 0.876. The van der Waals surface area contributed by atoms with E-state index in [0.717, 1.165) is 24.4 Å². The van der Waals surface area contributed by atoms with Crippen LogP contribution in [-0.2, 0) is 12.8 Å². The standard InChI is InChI=1S/C15H20N2O/c1-11(2)18-15-14(12(3)16-17-15)10-9-13-7-5-4-6-8-13/h4-8,11H,9-10H2,1-3H3,(H,16,17). The van der Waals surface area contributed by atoms with Gasteiger partial charge >= 0.3 is 0 Å². The molecule has 0 amide bonds. The summed E-state index contributed by atoms with van der Waals surface area (Å²) in [5, 5.41) is 7.22. The Morgan fingerprint density at radius 3 is 2.56 bits per heavy atom. The normalized spacial score (nSPS) is 10.9. The number of hydrogen-bond donors (Lipinski definition) is 1.